The van der Waals surface area contributed by atoms with Crippen LogP contribution in [0.2, 0.25) is 0 Å². The Balaban J connectivity index is 4.01. The van der Waals surface area contributed by atoms with Crippen molar-refractivity contribution < 1.29 is 5.11 Å². The van der Waals surface area contributed by atoms with E-state index in [1.807, 2.05) is 27.7 Å². The van der Waals surface area contributed by atoms with E-state index in [9.17, 15) is 0 Å². The van der Waals surface area contributed by atoms with Crippen LogP contribution < -0.4 is 0 Å². The van der Waals surface area contributed by atoms with E-state index in [1.54, 1.807) is 0 Å². The molecule has 0 bridgehead atoms. The highest BCUT2D eigenvalue weighted by Gasteiger charge is 2.12. The maximum Gasteiger partial charge on any atom is 0.0781 e. The van der Waals surface area contributed by atoms with Gasteiger partial charge in [-0.05, 0) is 27.7 Å². The molecule has 0 atom stereocenters. The fraction of sp³-hybridized carbons (Fsp3) is 0.857. The lowest BCUT2D eigenvalue weighted by Crippen LogP contribution is -2.22. The van der Waals surface area contributed by atoms with Crippen molar-refractivity contribution in [2.24, 2.45) is 4.99 Å². The standard InChI is InChI=1S/C7H15NO/c1-6(2)8-7(3,4)5-9/h9H,5H2,1-4H3. The van der Waals surface area contributed by atoms with E-state index in [0.29, 0.717) is 0 Å². The van der Waals surface area contributed by atoms with Gasteiger partial charge < -0.3 is 5.11 Å². The fourth-order valence-electron chi connectivity index (χ4n) is 0.641. The molecule has 0 aliphatic rings. The van der Waals surface area contributed by atoms with E-state index in [-0.39, 0.29) is 12.1 Å². The number of hydrogen-bond acceptors (Lipinski definition) is 2. The minimum Gasteiger partial charge on any atom is -0.394 e. The summed E-state index contributed by atoms with van der Waals surface area (Å²) in [6.45, 7) is 7.77. The third-order valence-electron chi connectivity index (χ3n) is 0.913. The summed E-state index contributed by atoms with van der Waals surface area (Å²) in [6, 6.07) is 0. The summed E-state index contributed by atoms with van der Waals surface area (Å²) in [4.78, 5) is 4.19. The van der Waals surface area contributed by atoms with Crippen LogP contribution in [0.3, 0.4) is 0 Å². The van der Waals surface area contributed by atoms with Crippen molar-refractivity contribution in [1.29, 1.82) is 0 Å². The Labute approximate surface area is 56.6 Å². The van der Waals surface area contributed by atoms with Crippen molar-refractivity contribution in [3.63, 3.8) is 0 Å². The summed E-state index contributed by atoms with van der Waals surface area (Å²) in [6.07, 6.45) is 0. The Hall–Kier alpha value is -0.370. The first-order chi connectivity index (χ1) is 3.98. The van der Waals surface area contributed by atoms with Gasteiger partial charge >= 0.3 is 0 Å². The van der Waals surface area contributed by atoms with E-state index in [0.717, 1.165) is 5.71 Å². The highest BCUT2D eigenvalue weighted by Crippen LogP contribution is 2.06. The molecule has 0 saturated carbocycles. The average molecular weight is 129 g/mol. The zero-order valence-corrected chi connectivity index (χ0v) is 6.60. The molecule has 0 fully saturated rings. The molecule has 0 aromatic heterocycles. The molecule has 0 radical (unpaired) electrons. The summed E-state index contributed by atoms with van der Waals surface area (Å²) in [5, 5.41) is 8.74. The van der Waals surface area contributed by atoms with Crippen molar-refractivity contribution >= 4 is 5.71 Å². The molecule has 0 aliphatic carbocycles. The van der Waals surface area contributed by atoms with E-state index in [1.165, 1.54) is 0 Å². The maximum absolute atomic E-state index is 8.74. The van der Waals surface area contributed by atoms with Gasteiger partial charge in [-0.1, -0.05) is 0 Å². The van der Waals surface area contributed by atoms with Gasteiger partial charge in [0.1, 0.15) is 0 Å². The van der Waals surface area contributed by atoms with Gasteiger partial charge in [-0.2, -0.15) is 0 Å². The molecule has 0 aromatic carbocycles. The number of aliphatic hydroxyl groups excluding tert-OH is 1. The Kier molecular flexibility index (Phi) is 2.85. The summed E-state index contributed by atoms with van der Waals surface area (Å²) in [5.74, 6) is 0. The first kappa shape index (κ1) is 8.63. The van der Waals surface area contributed by atoms with Gasteiger partial charge in [0, 0.05) is 5.71 Å². The smallest absolute Gasteiger partial charge is 0.0781 e. The lowest BCUT2D eigenvalue weighted by molar-refractivity contribution is 0.223. The first-order valence-corrected chi connectivity index (χ1v) is 3.12. The van der Waals surface area contributed by atoms with Gasteiger partial charge in [0.25, 0.3) is 0 Å². The predicted molar refractivity (Wildman–Crippen MR) is 39.9 cm³/mol. The third-order valence-corrected chi connectivity index (χ3v) is 0.913. The maximum atomic E-state index is 8.74. The summed E-state index contributed by atoms with van der Waals surface area (Å²) < 4.78 is 0. The molecule has 0 heterocycles. The van der Waals surface area contributed by atoms with Crippen molar-refractivity contribution in [3.8, 4) is 0 Å². The highest BCUT2D eigenvalue weighted by atomic mass is 16.3. The van der Waals surface area contributed by atoms with Crippen LogP contribution in [0.25, 0.3) is 0 Å². The number of aliphatic hydroxyl groups is 1. The molecule has 1 N–H and O–H groups in total. The minimum atomic E-state index is -0.293. The van der Waals surface area contributed by atoms with Gasteiger partial charge in [0.2, 0.25) is 0 Å². The highest BCUT2D eigenvalue weighted by molar-refractivity contribution is 5.79. The lowest BCUT2D eigenvalue weighted by atomic mass is 10.1. The number of aliphatic imine (C=N–C) groups is 1. The summed E-state index contributed by atoms with van der Waals surface area (Å²) in [5.41, 5.74) is 0.716. The minimum absolute atomic E-state index is 0.109. The average Bonchev–Trinajstić information content (AvgIpc) is 1.63. The van der Waals surface area contributed by atoms with Gasteiger partial charge in [-0.3, -0.25) is 4.99 Å². The van der Waals surface area contributed by atoms with Crippen molar-refractivity contribution in [2.45, 2.75) is 33.2 Å². The zero-order chi connectivity index (χ0) is 7.49. The molecule has 0 saturated heterocycles. The van der Waals surface area contributed by atoms with E-state index < -0.39 is 0 Å². The Bertz CT molecular complexity index is 112. The zero-order valence-electron chi connectivity index (χ0n) is 6.60. The molecule has 0 amide bonds. The monoisotopic (exact) mass is 129 g/mol. The van der Waals surface area contributed by atoms with Crippen LogP contribution in [0.4, 0.5) is 0 Å². The molecular formula is C7H15NO. The summed E-state index contributed by atoms with van der Waals surface area (Å²) in [7, 11) is 0. The van der Waals surface area contributed by atoms with Crippen LogP contribution in [0.15, 0.2) is 4.99 Å². The second-order valence-corrected chi connectivity index (χ2v) is 3.03. The Morgan fingerprint density at radius 3 is 2.00 bits per heavy atom. The third kappa shape index (κ3) is 4.15. The number of hydrogen-bond donors (Lipinski definition) is 1. The molecule has 0 unspecified atom stereocenters. The van der Waals surface area contributed by atoms with Gasteiger partial charge in [0.05, 0.1) is 12.1 Å². The van der Waals surface area contributed by atoms with E-state index in [4.69, 9.17) is 5.11 Å². The van der Waals surface area contributed by atoms with E-state index >= 15 is 0 Å². The number of nitrogens with zero attached hydrogens (tertiary/aromatic N) is 1. The van der Waals surface area contributed by atoms with Gasteiger partial charge in [-0.25, -0.2) is 0 Å². The van der Waals surface area contributed by atoms with Crippen LogP contribution in [0.5, 0.6) is 0 Å². The quantitative estimate of drug-likeness (QED) is 0.559. The molecule has 2 nitrogen and oxygen atoms in total. The lowest BCUT2D eigenvalue weighted by Gasteiger charge is -2.15. The van der Waals surface area contributed by atoms with Gasteiger partial charge in [0.15, 0.2) is 0 Å². The molecule has 2 heteroatoms. The second-order valence-electron chi connectivity index (χ2n) is 3.03. The fourth-order valence-corrected chi connectivity index (χ4v) is 0.641. The molecule has 0 aliphatic heterocycles. The molecule has 0 rings (SSSR count). The van der Waals surface area contributed by atoms with Crippen LogP contribution in [0, 0.1) is 0 Å². The first-order valence-electron chi connectivity index (χ1n) is 3.12. The Morgan fingerprint density at radius 2 is 1.89 bits per heavy atom. The summed E-state index contributed by atoms with van der Waals surface area (Å²) >= 11 is 0. The normalized spacial score (nSPS) is 11.2. The Morgan fingerprint density at radius 1 is 1.44 bits per heavy atom. The van der Waals surface area contributed by atoms with Crippen LogP contribution in [0.1, 0.15) is 27.7 Å². The van der Waals surface area contributed by atoms with Gasteiger partial charge in [-0.15, -0.1) is 0 Å². The van der Waals surface area contributed by atoms with Crippen molar-refractivity contribution in [1.82, 2.24) is 0 Å². The molecular weight excluding hydrogens is 114 g/mol. The molecule has 54 valence electrons. The van der Waals surface area contributed by atoms with Crippen LogP contribution >= 0.6 is 0 Å². The van der Waals surface area contributed by atoms with Crippen molar-refractivity contribution in [3.05, 3.63) is 0 Å². The molecule has 0 spiro atoms. The molecule has 0 aromatic rings. The topological polar surface area (TPSA) is 32.6 Å². The van der Waals surface area contributed by atoms with Crippen molar-refractivity contribution in [2.75, 3.05) is 6.61 Å². The largest absolute Gasteiger partial charge is 0.394 e. The second kappa shape index (κ2) is 2.97. The van der Waals surface area contributed by atoms with Crippen LogP contribution in [-0.4, -0.2) is 23.0 Å². The molecule has 9 heavy (non-hydrogen) atoms. The predicted octanol–water partition coefficient (Wildman–Crippen LogP) is 1.24. The van der Waals surface area contributed by atoms with E-state index in [2.05, 4.69) is 4.99 Å². The van der Waals surface area contributed by atoms with Crippen LogP contribution in [-0.2, 0) is 0 Å². The SMILES string of the molecule is CC(C)=NC(C)(C)CO. The number of rotatable bonds is 2.